The summed E-state index contributed by atoms with van der Waals surface area (Å²) in [6, 6.07) is 120. The zero-order valence-electron chi connectivity index (χ0n) is 90.2. The van der Waals surface area contributed by atoms with Crippen LogP contribution >= 0.6 is 22.2 Å². The van der Waals surface area contributed by atoms with E-state index in [0.29, 0.717) is 65.2 Å². The molecule has 0 unspecified atom stereocenters. The van der Waals surface area contributed by atoms with Gasteiger partial charge in [0.25, 0.3) is 0 Å². The molecule has 16 rings (SSSR count). The van der Waals surface area contributed by atoms with Crippen molar-refractivity contribution in [3.63, 3.8) is 0 Å². The van der Waals surface area contributed by atoms with E-state index in [1.165, 1.54) is 27.3 Å². The minimum absolute atomic E-state index is 0.0810. The molecule has 24 heteroatoms. The van der Waals surface area contributed by atoms with E-state index >= 15 is 0 Å². The number of nitrogens with zero attached hydrogens (tertiary/aromatic N) is 3. The van der Waals surface area contributed by atoms with Gasteiger partial charge in [0.2, 0.25) is 0 Å². The van der Waals surface area contributed by atoms with Crippen molar-refractivity contribution in [3.8, 4) is 57.5 Å². The van der Waals surface area contributed by atoms with E-state index in [1.807, 2.05) is 336 Å². The number of hydrogen-bond acceptors (Lipinski definition) is 17. The Morgan fingerprint density at radius 3 is 1.03 bits per heavy atom. The van der Waals surface area contributed by atoms with E-state index in [9.17, 15) is 35.4 Å². The van der Waals surface area contributed by atoms with Crippen molar-refractivity contribution < 1.29 is 55.1 Å². The molecule has 0 radical (unpaired) electrons. The van der Waals surface area contributed by atoms with Gasteiger partial charge in [0.1, 0.15) is 57.5 Å². The molecule has 0 aliphatic heterocycles. The highest BCUT2D eigenvalue weighted by atomic mass is 35.6. The number of carbonyl (C=O) groups excluding carboxylic acids is 1. The van der Waals surface area contributed by atoms with Gasteiger partial charge in [0, 0.05) is 87.0 Å². The summed E-state index contributed by atoms with van der Waals surface area (Å²) in [4.78, 5) is 23.9. The molecule has 0 spiro atoms. The van der Waals surface area contributed by atoms with Gasteiger partial charge < -0.3 is 75.1 Å². The summed E-state index contributed by atoms with van der Waals surface area (Å²) in [5.74, 6) is 4.73. The molecule has 0 fully saturated rings. The number of para-hydroxylation sites is 16. The van der Waals surface area contributed by atoms with Gasteiger partial charge in [-0.2, -0.15) is 22.2 Å². The van der Waals surface area contributed by atoms with Crippen LogP contribution in [0.5, 0.6) is 57.5 Å². The van der Waals surface area contributed by atoms with Crippen LogP contribution in [-0.2, 0) is 13.1 Å². The van der Waals surface area contributed by atoms with Crippen LogP contribution in [0.2, 0.25) is 65.5 Å². The SMILES string of the molecule is COc1c(C)cccc1[Si](C)(C)Cl.COc1c(C)cccc1[Si](C)(C)Nc1ccccc1.Cc1cccc(C=Nc2ccccc2)c1O.Cc1cccc(C=O)c1O.Cc1cccc(CN(C)c2ccccc2)c1O.Cc1cccc(CNc2ccccc2)c1O.Cc1cccc([Si](C)(C)Cl)c1O.Cc1cccc([Si](C)(C)N(C)c2ccccc2)c1O.Cc1cccc([Si](C)(C)Nc2ccccc2)c1O.Cc1ccccc1O. The molecule has 0 atom stereocenters. The third-order valence-electron chi connectivity index (χ3n) is 24.7. The van der Waals surface area contributed by atoms with E-state index in [-0.39, 0.29) is 5.75 Å². The van der Waals surface area contributed by atoms with Gasteiger partial charge in [-0.05, 0) is 273 Å². The van der Waals surface area contributed by atoms with E-state index in [0.717, 1.165) is 117 Å². The number of benzene rings is 16. The molecular formula is C124H150Cl2N6O11Si5. The highest BCUT2D eigenvalue weighted by molar-refractivity contribution is 7.27. The van der Waals surface area contributed by atoms with E-state index in [1.54, 1.807) is 51.6 Å². The molecule has 0 bridgehead atoms. The molecule has 776 valence electrons. The zero-order chi connectivity index (χ0) is 109. The molecule has 0 amide bonds. The number of phenolic OH excluding ortho intramolecular Hbond substituents is 8. The van der Waals surface area contributed by atoms with Crippen LogP contribution in [0.4, 0.5) is 34.1 Å². The van der Waals surface area contributed by atoms with Gasteiger partial charge >= 0.3 is 0 Å². The molecule has 0 heterocycles. The summed E-state index contributed by atoms with van der Waals surface area (Å²) in [6.45, 7) is 42.3. The summed E-state index contributed by atoms with van der Waals surface area (Å²) in [5, 5.41) is 86.7. The lowest BCUT2D eigenvalue weighted by Crippen LogP contribution is -2.56. The standard InChI is InChI=1S/2C16H21NOSi.C15H19NOSi.C15H17NO.C14H15NO.C14H13NO.C10H15ClOSi.C9H13ClOSi.C8H8O2.C7H8O/c1-13-9-8-12-15(16(13)18-2)19(3,4)17-14-10-6-5-7-11-14;1-13-9-8-12-15(16(13)18)19(3,4)17(2)14-10-6-5-7-11-14;1-12-8-7-11-14(15(12)17)18(2,3)16-13-9-5-4-6-10-13;1-12-7-6-8-13(15(12)17)11-16(2)14-9-4-3-5-10-14;2*1-11-6-5-7-12(14(11)16)10-15-13-8-3-2-4-9-13;1-8-6-5-7-9(10(8)12-2)13(3,4)11;1-7-5-4-6-8(9(7)11)12(2,3)10;1-6-3-2-4-7(5-9)8(6)10;1-6-4-2-3-5-7(6)8/h5-12,17H,1-4H3;5-12,18H,1-4H3;4-11,16-17H,1-3H3;3-10,17H,11H2,1-2H3;2-9,15-16H,10H2,1H3;2-10,16H,1H3;5-7H,1-4H3;4-6,11H,1-3H3;2-5,10H,1H3;2-5,8H,1H3. The first-order valence-corrected chi connectivity index (χ1v) is 66.1. The van der Waals surface area contributed by atoms with Crippen molar-refractivity contribution in [1.29, 1.82) is 0 Å². The maximum Gasteiger partial charge on any atom is 0.185 e. The molecule has 0 saturated heterocycles. The number of phenols is 8. The van der Waals surface area contributed by atoms with Crippen LogP contribution in [0.15, 0.2) is 375 Å². The molecule has 148 heavy (non-hydrogen) atoms. The van der Waals surface area contributed by atoms with E-state index < -0.39 is 39.5 Å². The van der Waals surface area contributed by atoms with Crippen LogP contribution in [0.25, 0.3) is 0 Å². The van der Waals surface area contributed by atoms with Crippen LogP contribution in [-0.4, -0.2) is 121 Å². The molecule has 0 aromatic heterocycles. The number of aliphatic imine (C=N–C) groups is 1. The Hall–Kier alpha value is -14.5. The Balaban J connectivity index is 0.000000224. The average molecular weight is 2110 g/mol. The number of nitrogens with one attached hydrogen (secondary N) is 3. The monoisotopic (exact) mass is 2110 g/mol. The second-order valence-corrected chi connectivity index (χ2v) is 63.5. The van der Waals surface area contributed by atoms with Gasteiger partial charge in [0.05, 0.1) is 25.5 Å². The largest absolute Gasteiger partial charge is 0.508 e. The lowest BCUT2D eigenvalue weighted by Gasteiger charge is -2.36. The number of aryl methyl sites for hydroxylation is 10. The maximum atomic E-state index is 10.3. The number of carbonyl (C=O) groups is 1. The first-order chi connectivity index (χ1) is 70.2. The van der Waals surface area contributed by atoms with E-state index in [4.69, 9.17) is 41.8 Å². The van der Waals surface area contributed by atoms with Gasteiger partial charge in [-0.25, -0.2) is 0 Å². The highest BCUT2D eigenvalue weighted by Gasteiger charge is 2.34. The topological polar surface area (TPSA) is 252 Å². The summed E-state index contributed by atoms with van der Waals surface area (Å²) in [6.07, 6.45) is 2.32. The summed E-state index contributed by atoms with van der Waals surface area (Å²) in [7, 11) is -1.69. The average Bonchev–Trinajstić information content (AvgIpc) is 0.880. The predicted octanol–water partition coefficient (Wildman–Crippen LogP) is 28.3. The normalized spacial score (nSPS) is 10.8. The second-order valence-electron chi connectivity index (χ2n) is 38.5. The summed E-state index contributed by atoms with van der Waals surface area (Å²) >= 11 is 12.6. The smallest absolute Gasteiger partial charge is 0.185 e. The number of ether oxygens (including phenoxy) is 2. The molecule has 17 nitrogen and oxygen atoms in total. The number of aldehydes is 1. The fourth-order valence-corrected chi connectivity index (χ4v) is 26.2. The molecule has 16 aromatic carbocycles. The van der Waals surface area contributed by atoms with Gasteiger partial charge in [0.15, 0.2) is 45.8 Å². The number of aromatic hydroxyl groups is 8. The molecule has 0 aliphatic carbocycles. The van der Waals surface area contributed by atoms with Crippen molar-refractivity contribution in [2.45, 2.75) is 148 Å². The Bertz CT molecular complexity index is 6810. The minimum Gasteiger partial charge on any atom is -0.508 e. The number of methoxy groups -OCH3 is 2. The lowest BCUT2D eigenvalue weighted by atomic mass is 10.1. The third kappa shape index (κ3) is 37.5. The molecule has 16 aromatic rings. The molecule has 0 aliphatic rings. The van der Waals surface area contributed by atoms with Crippen LogP contribution in [0.3, 0.4) is 0 Å². The van der Waals surface area contributed by atoms with E-state index in [2.05, 4.69) is 181 Å². The fourth-order valence-electron chi connectivity index (χ4n) is 15.6. The van der Waals surface area contributed by atoms with Crippen molar-refractivity contribution in [2.24, 2.45) is 4.99 Å². The number of hydrogen-bond donors (Lipinski definition) is 11. The minimum atomic E-state index is -1.92. The third-order valence-corrected chi connectivity index (χ3v) is 38.2. The molecule has 11 N–H and O–H groups in total. The Labute approximate surface area is 894 Å². The number of halogens is 2. The number of rotatable bonds is 22. The van der Waals surface area contributed by atoms with Crippen molar-refractivity contribution >= 4 is 134 Å². The van der Waals surface area contributed by atoms with Crippen LogP contribution in [0, 0.1) is 69.2 Å². The van der Waals surface area contributed by atoms with Gasteiger partial charge in [-0.1, -0.05) is 305 Å². The van der Waals surface area contributed by atoms with Gasteiger partial charge in [-0.15, -0.1) is 0 Å². The summed E-state index contributed by atoms with van der Waals surface area (Å²) < 4.78 is 13.3. The first-order valence-electron chi connectivity index (χ1n) is 49.1. The second kappa shape index (κ2) is 58.8. The van der Waals surface area contributed by atoms with Crippen molar-refractivity contribution in [3.05, 3.63) is 448 Å². The summed E-state index contributed by atoms with van der Waals surface area (Å²) in [5.41, 5.74) is 19.0. The van der Waals surface area contributed by atoms with Crippen LogP contribution < -0.4 is 60.2 Å². The predicted molar refractivity (Wildman–Crippen MR) is 642 cm³/mol. The fraction of sp³-hybridized carbons (Fsp3) is 0.210. The van der Waals surface area contributed by atoms with Gasteiger partial charge in [-0.3, -0.25) is 9.79 Å². The Morgan fingerprint density at radius 1 is 0.304 bits per heavy atom. The maximum absolute atomic E-state index is 10.3. The van der Waals surface area contributed by atoms with Crippen molar-refractivity contribution in [2.75, 3.05) is 53.1 Å². The number of anilines is 5. The van der Waals surface area contributed by atoms with Crippen LogP contribution in [0.1, 0.15) is 82.7 Å². The Kier molecular flexibility index (Phi) is 47.8. The molecule has 0 saturated carbocycles. The highest BCUT2D eigenvalue weighted by Crippen LogP contribution is 2.32. The molecular weight excluding hydrogens is 1960 g/mol. The van der Waals surface area contributed by atoms with Crippen molar-refractivity contribution in [1.82, 2.24) is 0 Å². The zero-order valence-corrected chi connectivity index (χ0v) is 96.7. The first kappa shape index (κ1) is 120. The Morgan fingerprint density at radius 2 is 0.615 bits per heavy atom. The lowest BCUT2D eigenvalue weighted by molar-refractivity contribution is 0.112. The quantitative estimate of drug-likeness (QED) is 0.0131.